The second-order valence-corrected chi connectivity index (χ2v) is 6.36. The molecule has 1 aliphatic carbocycles. The van der Waals surface area contributed by atoms with E-state index < -0.39 is 0 Å². The first-order chi connectivity index (χ1) is 7.84. The molecule has 0 aliphatic heterocycles. The summed E-state index contributed by atoms with van der Waals surface area (Å²) in [5, 5.41) is 7.58. The van der Waals surface area contributed by atoms with Crippen LogP contribution in [0.2, 0.25) is 0 Å². The highest BCUT2D eigenvalue weighted by atomic mass is 15.1. The Hall–Kier alpha value is -0.570. The van der Waals surface area contributed by atoms with E-state index in [2.05, 4.69) is 32.7 Å². The molecule has 3 N–H and O–H groups in total. The van der Waals surface area contributed by atoms with Crippen LogP contribution in [-0.2, 0) is 0 Å². The van der Waals surface area contributed by atoms with Gasteiger partial charge in [-0.1, -0.05) is 33.6 Å². The molecule has 2 atom stereocenters. The van der Waals surface area contributed by atoms with Crippen molar-refractivity contribution in [2.45, 2.75) is 58.9 Å². The van der Waals surface area contributed by atoms with E-state index in [-0.39, 0.29) is 5.41 Å². The van der Waals surface area contributed by atoms with Gasteiger partial charge in [-0.2, -0.15) is 0 Å². The molecule has 1 fully saturated rings. The van der Waals surface area contributed by atoms with Crippen molar-refractivity contribution in [2.75, 3.05) is 13.6 Å². The normalized spacial score (nSPS) is 26.2. The van der Waals surface area contributed by atoms with E-state index >= 15 is 0 Å². The van der Waals surface area contributed by atoms with Gasteiger partial charge in [-0.05, 0) is 38.8 Å². The summed E-state index contributed by atoms with van der Waals surface area (Å²) in [6.07, 6.45) is 6.44. The first-order valence-electron chi connectivity index (χ1n) is 6.89. The molecule has 1 saturated carbocycles. The number of nitrogens with zero attached hydrogens (tertiary/aromatic N) is 1. The van der Waals surface area contributed by atoms with Crippen molar-refractivity contribution >= 4 is 5.84 Å². The fraction of sp³-hybridized carbons (Fsp3) is 0.929. The molecule has 0 saturated heterocycles. The lowest BCUT2D eigenvalue weighted by atomic mass is 9.83. The third-order valence-corrected chi connectivity index (χ3v) is 4.45. The summed E-state index contributed by atoms with van der Waals surface area (Å²) < 4.78 is 0. The Morgan fingerprint density at radius 3 is 2.47 bits per heavy atom. The van der Waals surface area contributed by atoms with Crippen molar-refractivity contribution in [1.82, 2.24) is 4.90 Å². The van der Waals surface area contributed by atoms with Gasteiger partial charge in [-0.15, -0.1) is 0 Å². The van der Waals surface area contributed by atoms with Gasteiger partial charge in [-0.3, -0.25) is 5.41 Å². The van der Waals surface area contributed by atoms with E-state index in [0.29, 0.717) is 5.84 Å². The molecule has 1 rings (SSSR count). The van der Waals surface area contributed by atoms with Crippen molar-refractivity contribution in [3.8, 4) is 0 Å². The van der Waals surface area contributed by atoms with Crippen molar-refractivity contribution in [3.05, 3.63) is 0 Å². The summed E-state index contributed by atoms with van der Waals surface area (Å²) in [7, 11) is 2.22. The van der Waals surface area contributed by atoms with Crippen molar-refractivity contribution in [2.24, 2.45) is 17.1 Å². The van der Waals surface area contributed by atoms with Gasteiger partial charge in [0.05, 0.1) is 5.84 Å². The van der Waals surface area contributed by atoms with Crippen LogP contribution in [0.3, 0.4) is 0 Å². The minimum atomic E-state index is -0.161. The third kappa shape index (κ3) is 3.98. The first-order valence-corrected chi connectivity index (χ1v) is 6.89. The number of hydrogen-bond donors (Lipinski definition) is 2. The Morgan fingerprint density at radius 1 is 1.35 bits per heavy atom. The van der Waals surface area contributed by atoms with Gasteiger partial charge < -0.3 is 10.6 Å². The zero-order chi connectivity index (χ0) is 13.1. The zero-order valence-electron chi connectivity index (χ0n) is 11.9. The molecule has 0 amide bonds. The third-order valence-electron chi connectivity index (χ3n) is 4.45. The summed E-state index contributed by atoms with van der Waals surface area (Å²) in [5.74, 6) is 1.12. The fourth-order valence-electron chi connectivity index (χ4n) is 2.71. The van der Waals surface area contributed by atoms with Crippen molar-refractivity contribution < 1.29 is 0 Å². The van der Waals surface area contributed by atoms with E-state index in [0.717, 1.165) is 24.9 Å². The smallest absolute Gasteiger partial charge is 0.0963 e. The fourth-order valence-corrected chi connectivity index (χ4v) is 2.71. The highest BCUT2D eigenvalue weighted by Crippen LogP contribution is 2.28. The van der Waals surface area contributed by atoms with Crippen molar-refractivity contribution in [1.29, 1.82) is 5.41 Å². The number of nitrogens with two attached hydrogens (primary N) is 1. The SMILES string of the molecule is CC1CCCCC1N(C)CCC(C)(C)C(=N)N. The largest absolute Gasteiger partial charge is 0.387 e. The molecule has 3 nitrogen and oxygen atoms in total. The molecule has 17 heavy (non-hydrogen) atoms. The van der Waals surface area contributed by atoms with Crippen LogP contribution in [0.5, 0.6) is 0 Å². The summed E-state index contributed by atoms with van der Waals surface area (Å²) in [4.78, 5) is 2.48. The molecule has 0 heterocycles. The van der Waals surface area contributed by atoms with E-state index in [1.165, 1.54) is 25.7 Å². The standard InChI is InChI=1S/C14H29N3/c1-11-7-5-6-8-12(11)17(4)10-9-14(2,3)13(15)16/h11-12H,5-10H2,1-4H3,(H3,15,16). The summed E-state index contributed by atoms with van der Waals surface area (Å²) >= 11 is 0. The van der Waals surface area contributed by atoms with Crippen LogP contribution in [0.4, 0.5) is 0 Å². The molecule has 0 aromatic heterocycles. The Morgan fingerprint density at radius 2 is 1.94 bits per heavy atom. The van der Waals surface area contributed by atoms with Crippen LogP contribution in [0.15, 0.2) is 0 Å². The summed E-state index contributed by atoms with van der Waals surface area (Å²) in [6.45, 7) is 7.54. The van der Waals surface area contributed by atoms with E-state index in [9.17, 15) is 0 Å². The van der Waals surface area contributed by atoms with Crippen molar-refractivity contribution in [3.63, 3.8) is 0 Å². The monoisotopic (exact) mass is 239 g/mol. The van der Waals surface area contributed by atoms with Crippen LogP contribution in [0, 0.1) is 16.7 Å². The van der Waals surface area contributed by atoms with Gasteiger partial charge >= 0.3 is 0 Å². The topological polar surface area (TPSA) is 53.1 Å². The Bertz CT molecular complexity index is 260. The zero-order valence-corrected chi connectivity index (χ0v) is 11.9. The molecule has 0 spiro atoms. The van der Waals surface area contributed by atoms with Crippen LogP contribution >= 0.6 is 0 Å². The van der Waals surface area contributed by atoms with Gasteiger partial charge in [0, 0.05) is 11.5 Å². The van der Waals surface area contributed by atoms with Gasteiger partial charge in [0.2, 0.25) is 0 Å². The minimum Gasteiger partial charge on any atom is -0.387 e. The number of hydrogen-bond acceptors (Lipinski definition) is 2. The lowest BCUT2D eigenvalue weighted by Crippen LogP contribution is -2.42. The van der Waals surface area contributed by atoms with E-state index in [1.807, 2.05) is 0 Å². The predicted octanol–water partition coefficient (Wildman–Crippen LogP) is 2.85. The lowest BCUT2D eigenvalue weighted by Gasteiger charge is -2.37. The predicted molar refractivity (Wildman–Crippen MR) is 74.4 cm³/mol. The summed E-state index contributed by atoms with van der Waals surface area (Å²) in [5.41, 5.74) is 5.47. The quantitative estimate of drug-likeness (QED) is 0.572. The highest BCUT2D eigenvalue weighted by molar-refractivity contribution is 5.82. The maximum Gasteiger partial charge on any atom is 0.0963 e. The van der Waals surface area contributed by atoms with Gasteiger partial charge in [0.1, 0.15) is 0 Å². The molecule has 3 heteroatoms. The summed E-state index contributed by atoms with van der Waals surface area (Å²) in [6, 6.07) is 0.728. The van der Waals surface area contributed by atoms with E-state index in [4.69, 9.17) is 11.1 Å². The lowest BCUT2D eigenvalue weighted by molar-refractivity contribution is 0.130. The van der Waals surface area contributed by atoms with E-state index in [1.54, 1.807) is 0 Å². The van der Waals surface area contributed by atoms with Gasteiger partial charge in [0.15, 0.2) is 0 Å². The second kappa shape index (κ2) is 5.85. The molecular weight excluding hydrogens is 210 g/mol. The molecule has 2 unspecified atom stereocenters. The molecule has 0 bridgehead atoms. The highest BCUT2D eigenvalue weighted by Gasteiger charge is 2.27. The Balaban J connectivity index is 2.43. The minimum absolute atomic E-state index is 0.161. The number of nitrogens with one attached hydrogen (secondary N) is 1. The maximum atomic E-state index is 7.58. The van der Waals surface area contributed by atoms with Gasteiger partial charge in [0.25, 0.3) is 0 Å². The first kappa shape index (κ1) is 14.5. The Kier molecular flexibility index (Phi) is 4.99. The average molecular weight is 239 g/mol. The maximum absolute atomic E-state index is 7.58. The second-order valence-electron chi connectivity index (χ2n) is 6.36. The average Bonchev–Trinajstić information content (AvgIpc) is 2.26. The van der Waals surface area contributed by atoms with Gasteiger partial charge in [-0.25, -0.2) is 0 Å². The Labute approximate surface area is 106 Å². The molecule has 0 aromatic rings. The molecule has 0 radical (unpaired) electrons. The molecule has 1 aliphatic rings. The van der Waals surface area contributed by atoms with Crippen LogP contribution in [-0.4, -0.2) is 30.4 Å². The molecular formula is C14H29N3. The molecule has 0 aromatic carbocycles. The van der Waals surface area contributed by atoms with Crippen LogP contribution < -0.4 is 5.73 Å². The molecule has 100 valence electrons. The van der Waals surface area contributed by atoms with Crippen LogP contribution in [0.1, 0.15) is 52.9 Å². The number of amidine groups is 1. The number of rotatable bonds is 5. The van der Waals surface area contributed by atoms with Crippen LogP contribution in [0.25, 0.3) is 0 Å².